The van der Waals surface area contributed by atoms with E-state index < -0.39 is 0 Å². The molecule has 0 aliphatic carbocycles. The van der Waals surface area contributed by atoms with Crippen LogP contribution < -0.4 is 15.4 Å². The molecule has 2 aromatic carbocycles. The zero-order valence-electron chi connectivity index (χ0n) is 16.7. The number of thiophene rings is 1. The quantitative estimate of drug-likeness (QED) is 0.418. The average molecular weight is 461 g/mol. The van der Waals surface area contributed by atoms with Gasteiger partial charge in [0.2, 0.25) is 5.91 Å². The van der Waals surface area contributed by atoms with Crippen molar-refractivity contribution in [3.63, 3.8) is 0 Å². The molecule has 8 heteroatoms. The minimum Gasteiger partial charge on any atom is -0.495 e. The molecule has 1 atom stereocenters. The van der Waals surface area contributed by atoms with Gasteiger partial charge in [-0.1, -0.05) is 17.7 Å². The van der Waals surface area contributed by atoms with Crippen molar-refractivity contribution in [2.24, 2.45) is 0 Å². The first-order chi connectivity index (χ1) is 14.4. The molecule has 5 nitrogen and oxygen atoms in total. The van der Waals surface area contributed by atoms with Crippen LogP contribution in [0.15, 0.2) is 58.8 Å². The van der Waals surface area contributed by atoms with E-state index in [1.165, 1.54) is 30.2 Å². The molecule has 3 rings (SSSR count). The van der Waals surface area contributed by atoms with Gasteiger partial charge >= 0.3 is 0 Å². The normalized spacial score (nSPS) is 11.6. The van der Waals surface area contributed by atoms with Crippen LogP contribution in [0.4, 0.5) is 11.4 Å². The lowest BCUT2D eigenvalue weighted by molar-refractivity contribution is -0.115. The SMILES string of the molecule is COc1cc(Cl)c(C)cc1NC(=O)C(C)Sc1ccc(NC(=O)c2cccs2)cc1. The number of carbonyl (C=O) groups is 2. The number of hydrogen-bond donors (Lipinski definition) is 2. The second kappa shape index (κ2) is 10.0. The van der Waals surface area contributed by atoms with Crippen LogP contribution in [0, 0.1) is 6.92 Å². The highest BCUT2D eigenvalue weighted by Gasteiger charge is 2.17. The van der Waals surface area contributed by atoms with Crippen molar-refractivity contribution in [2.75, 3.05) is 17.7 Å². The molecule has 1 heterocycles. The molecule has 0 fully saturated rings. The number of halogens is 1. The van der Waals surface area contributed by atoms with Gasteiger partial charge in [-0.25, -0.2) is 0 Å². The third-order valence-electron chi connectivity index (χ3n) is 4.28. The van der Waals surface area contributed by atoms with Crippen LogP contribution in [0.25, 0.3) is 0 Å². The van der Waals surface area contributed by atoms with Crippen LogP contribution in [-0.4, -0.2) is 24.2 Å². The third-order valence-corrected chi connectivity index (χ3v) is 6.67. The number of carbonyl (C=O) groups excluding carboxylic acids is 2. The second-order valence-electron chi connectivity index (χ2n) is 6.51. The minimum absolute atomic E-state index is 0.134. The van der Waals surface area contributed by atoms with Crippen molar-refractivity contribution < 1.29 is 14.3 Å². The number of thioether (sulfide) groups is 1. The molecule has 0 spiro atoms. The van der Waals surface area contributed by atoms with E-state index in [1.54, 1.807) is 18.2 Å². The number of anilines is 2. The Morgan fingerprint density at radius 2 is 1.87 bits per heavy atom. The molecule has 0 radical (unpaired) electrons. The van der Waals surface area contributed by atoms with E-state index in [0.29, 0.717) is 27.0 Å². The number of hydrogen-bond acceptors (Lipinski definition) is 5. The third kappa shape index (κ3) is 5.56. The Bertz CT molecular complexity index is 1040. The molecule has 2 N–H and O–H groups in total. The number of rotatable bonds is 7. The molecule has 0 saturated heterocycles. The number of benzene rings is 2. The Balaban J connectivity index is 1.60. The van der Waals surface area contributed by atoms with Crippen molar-refractivity contribution in [3.8, 4) is 5.75 Å². The molecule has 30 heavy (non-hydrogen) atoms. The van der Waals surface area contributed by atoms with Crippen molar-refractivity contribution >= 4 is 57.9 Å². The largest absolute Gasteiger partial charge is 0.495 e. The van der Waals surface area contributed by atoms with E-state index in [0.717, 1.165) is 10.5 Å². The molecule has 0 saturated carbocycles. The summed E-state index contributed by atoms with van der Waals surface area (Å²) in [6.45, 7) is 3.70. The van der Waals surface area contributed by atoms with Gasteiger partial charge in [-0.15, -0.1) is 23.1 Å². The summed E-state index contributed by atoms with van der Waals surface area (Å²) in [6, 6.07) is 14.5. The van der Waals surface area contributed by atoms with Crippen molar-refractivity contribution in [3.05, 3.63) is 69.4 Å². The molecule has 1 unspecified atom stereocenters. The Morgan fingerprint density at radius 3 is 2.50 bits per heavy atom. The van der Waals surface area contributed by atoms with Gasteiger partial charge in [0.1, 0.15) is 5.75 Å². The Labute approximate surface area is 188 Å². The average Bonchev–Trinajstić information content (AvgIpc) is 3.27. The summed E-state index contributed by atoms with van der Waals surface area (Å²) >= 11 is 8.94. The van der Waals surface area contributed by atoms with Gasteiger partial charge in [0.25, 0.3) is 5.91 Å². The maximum Gasteiger partial charge on any atom is 0.265 e. The lowest BCUT2D eigenvalue weighted by Crippen LogP contribution is -2.22. The molecule has 2 amide bonds. The van der Waals surface area contributed by atoms with Gasteiger partial charge in [0.15, 0.2) is 0 Å². The van der Waals surface area contributed by atoms with Crippen molar-refractivity contribution in [2.45, 2.75) is 24.0 Å². The van der Waals surface area contributed by atoms with Gasteiger partial charge in [-0.05, 0) is 61.2 Å². The number of nitrogens with one attached hydrogen (secondary N) is 2. The summed E-state index contributed by atoms with van der Waals surface area (Å²) in [5, 5.41) is 7.87. The highest BCUT2D eigenvalue weighted by Crippen LogP contribution is 2.32. The van der Waals surface area contributed by atoms with Gasteiger partial charge in [0, 0.05) is 21.7 Å². The molecule has 0 bridgehead atoms. The number of ether oxygens (including phenoxy) is 1. The van der Waals surface area contributed by atoms with E-state index in [-0.39, 0.29) is 17.1 Å². The predicted molar refractivity (Wildman–Crippen MR) is 125 cm³/mol. The van der Waals surface area contributed by atoms with Crippen LogP contribution >= 0.6 is 34.7 Å². The molecule has 0 aliphatic rings. The molecular weight excluding hydrogens is 440 g/mol. The van der Waals surface area contributed by atoms with Crippen LogP contribution in [0.3, 0.4) is 0 Å². The minimum atomic E-state index is -0.336. The molecule has 3 aromatic rings. The summed E-state index contributed by atoms with van der Waals surface area (Å²) in [6.07, 6.45) is 0. The first kappa shape index (κ1) is 22.2. The van der Waals surface area contributed by atoms with Gasteiger partial charge in [-0.2, -0.15) is 0 Å². The molecular formula is C22H21ClN2O3S2. The number of aryl methyl sites for hydroxylation is 1. The van der Waals surface area contributed by atoms with E-state index in [9.17, 15) is 9.59 Å². The Kier molecular flexibility index (Phi) is 7.42. The van der Waals surface area contributed by atoms with Crippen molar-refractivity contribution in [1.82, 2.24) is 0 Å². The maximum atomic E-state index is 12.6. The van der Waals surface area contributed by atoms with E-state index >= 15 is 0 Å². The van der Waals surface area contributed by atoms with E-state index in [1.807, 2.05) is 49.6 Å². The van der Waals surface area contributed by atoms with Gasteiger partial charge in [0.05, 0.1) is 22.9 Å². The van der Waals surface area contributed by atoms with Gasteiger partial charge in [-0.3, -0.25) is 9.59 Å². The summed E-state index contributed by atoms with van der Waals surface area (Å²) in [7, 11) is 1.54. The predicted octanol–water partition coefficient (Wildman–Crippen LogP) is 6.09. The van der Waals surface area contributed by atoms with E-state index in [2.05, 4.69) is 10.6 Å². The summed E-state index contributed by atoms with van der Waals surface area (Å²) < 4.78 is 5.31. The van der Waals surface area contributed by atoms with Crippen LogP contribution in [0.5, 0.6) is 5.75 Å². The first-order valence-corrected chi connectivity index (χ1v) is 11.3. The van der Waals surface area contributed by atoms with Gasteiger partial charge < -0.3 is 15.4 Å². The maximum absolute atomic E-state index is 12.6. The lowest BCUT2D eigenvalue weighted by atomic mass is 10.2. The first-order valence-electron chi connectivity index (χ1n) is 9.14. The van der Waals surface area contributed by atoms with Crippen LogP contribution in [0.2, 0.25) is 5.02 Å². The Hall–Kier alpha value is -2.48. The summed E-state index contributed by atoms with van der Waals surface area (Å²) in [5.41, 5.74) is 2.15. The summed E-state index contributed by atoms with van der Waals surface area (Å²) in [4.78, 5) is 26.4. The topological polar surface area (TPSA) is 67.4 Å². The van der Waals surface area contributed by atoms with E-state index in [4.69, 9.17) is 16.3 Å². The van der Waals surface area contributed by atoms with Crippen LogP contribution in [0.1, 0.15) is 22.2 Å². The monoisotopic (exact) mass is 460 g/mol. The zero-order chi connectivity index (χ0) is 21.7. The highest BCUT2D eigenvalue weighted by molar-refractivity contribution is 8.00. The molecule has 1 aromatic heterocycles. The lowest BCUT2D eigenvalue weighted by Gasteiger charge is -2.15. The Morgan fingerprint density at radius 1 is 1.13 bits per heavy atom. The number of amides is 2. The number of methoxy groups -OCH3 is 1. The van der Waals surface area contributed by atoms with Crippen molar-refractivity contribution in [1.29, 1.82) is 0 Å². The fraction of sp³-hybridized carbons (Fsp3) is 0.182. The fourth-order valence-corrected chi connectivity index (χ4v) is 4.28. The smallest absolute Gasteiger partial charge is 0.265 e. The fourth-order valence-electron chi connectivity index (χ4n) is 2.64. The second-order valence-corrected chi connectivity index (χ2v) is 9.28. The molecule has 0 aliphatic heterocycles. The standard InChI is InChI=1S/C22H21ClN2O3S2/c1-13-11-18(19(28-3)12-17(13)23)25-21(26)14(2)30-16-8-6-15(7-9-16)24-22(27)20-5-4-10-29-20/h4-12,14H,1-3H3,(H,24,27)(H,25,26). The highest BCUT2D eigenvalue weighted by atomic mass is 35.5. The van der Waals surface area contributed by atoms with Crippen LogP contribution in [-0.2, 0) is 4.79 Å². The molecule has 156 valence electrons. The zero-order valence-corrected chi connectivity index (χ0v) is 19.1. The summed E-state index contributed by atoms with van der Waals surface area (Å²) in [5.74, 6) is 0.238.